The van der Waals surface area contributed by atoms with Gasteiger partial charge in [0.15, 0.2) is 18.2 Å². The van der Waals surface area contributed by atoms with Crippen LogP contribution in [0.2, 0.25) is 0 Å². The lowest BCUT2D eigenvalue weighted by molar-refractivity contribution is -0.640. The van der Waals surface area contributed by atoms with E-state index in [0.29, 0.717) is 11.4 Å². The van der Waals surface area contributed by atoms with E-state index in [1.54, 1.807) is 29.1 Å². The van der Waals surface area contributed by atoms with Crippen molar-refractivity contribution in [3.05, 3.63) is 90.4 Å². The maximum atomic E-state index is 12.4. The summed E-state index contributed by atoms with van der Waals surface area (Å²) in [5.41, 5.74) is 4.63. The molecule has 6 heteroatoms. The Bertz CT molecular complexity index is 861. The van der Waals surface area contributed by atoms with Gasteiger partial charge in [-0.1, -0.05) is 35.0 Å². The molecule has 0 unspecified atom stereocenters. The van der Waals surface area contributed by atoms with Crippen molar-refractivity contribution in [3.63, 3.8) is 0 Å². The zero-order valence-corrected chi connectivity index (χ0v) is 13.8. The predicted molar refractivity (Wildman–Crippen MR) is 96.0 cm³/mol. The topological polar surface area (TPSA) is 70.3 Å². The largest absolute Gasteiger partial charge is 0.288 e. The molecule has 2 N–H and O–H groups in total. The van der Waals surface area contributed by atoms with Crippen LogP contribution in [-0.2, 0) is 0 Å². The minimum absolute atomic E-state index is 0.254. The molecule has 0 radical (unpaired) electrons. The van der Waals surface area contributed by atoms with Crippen molar-refractivity contribution < 1.29 is 9.47 Å². The average molecular weight is 332 g/mol. The maximum absolute atomic E-state index is 12.4. The number of nitrogens with one attached hydrogen (secondary N) is 2. The second-order valence-corrected chi connectivity index (χ2v) is 5.37. The zero-order valence-electron chi connectivity index (χ0n) is 13.8. The van der Waals surface area contributed by atoms with E-state index in [4.69, 9.17) is 0 Å². The smallest absolute Gasteiger partial charge is 0.262 e. The highest BCUT2D eigenvalue weighted by molar-refractivity contribution is 6.08. The molecular weight excluding hydrogens is 314 g/mol. The molecule has 2 aromatic heterocycles. The summed E-state index contributed by atoms with van der Waals surface area (Å²) >= 11 is 0. The summed E-state index contributed by atoms with van der Waals surface area (Å²) in [6.45, 7) is 1.96. The van der Waals surface area contributed by atoms with Gasteiger partial charge in [0.05, 0.1) is 0 Å². The Morgan fingerprint density at radius 1 is 1.00 bits per heavy atom. The van der Waals surface area contributed by atoms with Gasteiger partial charge in [-0.3, -0.25) is 10.1 Å². The number of carbonyl (C=O) groups excluding carboxylic acids is 1. The summed E-state index contributed by atoms with van der Waals surface area (Å²) in [5.74, 6) is 0.523. The molecule has 124 valence electrons. The van der Waals surface area contributed by atoms with Gasteiger partial charge >= 0.3 is 0 Å². The number of aliphatic imine (C=N–C) groups is 1. The number of carbonyl (C=O) groups is 1. The Morgan fingerprint density at radius 3 is 2.40 bits per heavy atom. The molecule has 3 rings (SSSR count). The minimum atomic E-state index is -0.254. The van der Waals surface area contributed by atoms with Crippen molar-refractivity contribution in [2.75, 3.05) is 5.43 Å². The number of nitrogens with zero attached hydrogens (tertiary/aromatic N) is 3. The van der Waals surface area contributed by atoms with E-state index >= 15 is 0 Å². The lowest BCUT2D eigenvalue weighted by Gasteiger charge is -2.07. The number of rotatable bonds is 3. The van der Waals surface area contributed by atoms with E-state index in [1.165, 1.54) is 0 Å². The van der Waals surface area contributed by atoms with Crippen molar-refractivity contribution >= 4 is 17.7 Å². The fourth-order valence-electron chi connectivity index (χ4n) is 2.09. The lowest BCUT2D eigenvalue weighted by atomic mass is 10.2. The number of hydrogen-bond donors (Lipinski definition) is 2. The van der Waals surface area contributed by atoms with Gasteiger partial charge in [0, 0.05) is 23.9 Å². The number of pyridine rings is 2. The molecule has 0 bridgehead atoms. The molecule has 25 heavy (non-hydrogen) atoms. The monoisotopic (exact) mass is 332 g/mol. The highest BCUT2D eigenvalue weighted by atomic mass is 16.1. The van der Waals surface area contributed by atoms with Gasteiger partial charge < -0.3 is 0 Å². The quantitative estimate of drug-likeness (QED) is 0.439. The molecule has 0 aliphatic rings. The summed E-state index contributed by atoms with van der Waals surface area (Å²) < 4.78 is 1.69. The fraction of sp³-hybridized carbons (Fsp3) is 0.0526. The molecule has 0 saturated carbocycles. The summed E-state index contributed by atoms with van der Waals surface area (Å²) in [5, 5.41) is 2.78. The normalized spacial score (nSPS) is 11.0. The van der Waals surface area contributed by atoms with Gasteiger partial charge in [-0.2, -0.15) is 4.99 Å². The van der Waals surface area contributed by atoms with E-state index in [-0.39, 0.29) is 11.9 Å². The Hall–Kier alpha value is -3.54. The molecule has 0 saturated heterocycles. The van der Waals surface area contributed by atoms with Crippen LogP contribution in [0, 0.1) is 6.92 Å². The van der Waals surface area contributed by atoms with Crippen molar-refractivity contribution in [1.82, 2.24) is 10.3 Å². The Labute approximate surface area is 145 Å². The van der Waals surface area contributed by atoms with Crippen LogP contribution < -0.4 is 15.4 Å². The first kappa shape index (κ1) is 16.3. The molecule has 1 amide bonds. The van der Waals surface area contributed by atoms with Crippen molar-refractivity contribution in [2.45, 2.75) is 6.92 Å². The second kappa shape index (κ2) is 7.83. The number of aryl methyl sites for hydroxylation is 1. The van der Waals surface area contributed by atoms with Crippen LogP contribution >= 0.6 is 0 Å². The van der Waals surface area contributed by atoms with E-state index in [9.17, 15) is 4.79 Å². The average Bonchev–Trinajstić information content (AvgIpc) is 2.65. The van der Waals surface area contributed by atoms with E-state index in [0.717, 1.165) is 5.56 Å². The van der Waals surface area contributed by atoms with Crippen LogP contribution in [-0.4, -0.2) is 16.9 Å². The van der Waals surface area contributed by atoms with Crippen molar-refractivity contribution in [2.24, 2.45) is 4.99 Å². The summed E-state index contributed by atoms with van der Waals surface area (Å²) in [6, 6.07) is 18.3. The highest BCUT2D eigenvalue weighted by Gasteiger charge is 2.12. The van der Waals surface area contributed by atoms with Gasteiger partial charge in [0.1, 0.15) is 0 Å². The maximum Gasteiger partial charge on any atom is 0.262 e. The number of amides is 1. The zero-order chi connectivity index (χ0) is 17.5. The molecule has 6 nitrogen and oxygen atoms in total. The van der Waals surface area contributed by atoms with Gasteiger partial charge in [0.25, 0.3) is 11.9 Å². The van der Waals surface area contributed by atoms with Crippen LogP contribution in [0.4, 0.5) is 5.82 Å². The van der Waals surface area contributed by atoms with E-state index in [2.05, 4.69) is 20.7 Å². The molecule has 1 aromatic carbocycles. The Morgan fingerprint density at radius 2 is 1.72 bits per heavy atom. The molecule has 0 aliphatic carbocycles. The Kier molecular flexibility index (Phi) is 5.11. The van der Waals surface area contributed by atoms with Crippen LogP contribution in [0.25, 0.3) is 0 Å². The standard InChI is InChI=1S/C19H17N5O/c1-15-10-11-17(20-14-15)21-19(23-24-12-6-3-7-13-24)22-18(25)16-8-4-2-5-9-16/h2-14H,1H3,(H-,20,21,22,23,25)/p+1. The minimum Gasteiger partial charge on any atom is -0.288 e. The van der Waals surface area contributed by atoms with Gasteiger partial charge in [-0.05, 0) is 30.7 Å². The third-order valence-corrected chi connectivity index (χ3v) is 3.34. The van der Waals surface area contributed by atoms with Crippen molar-refractivity contribution in [3.8, 4) is 0 Å². The third-order valence-electron chi connectivity index (χ3n) is 3.34. The third kappa shape index (κ3) is 4.71. The SMILES string of the molecule is Cc1ccc(N=C(NC(=O)c2ccccc2)N[n+]2ccccc2)nc1. The van der Waals surface area contributed by atoms with E-state index < -0.39 is 0 Å². The highest BCUT2D eigenvalue weighted by Crippen LogP contribution is 2.07. The fourth-order valence-corrected chi connectivity index (χ4v) is 2.09. The molecule has 0 spiro atoms. The van der Waals surface area contributed by atoms with Gasteiger partial charge in [0.2, 0.25) is 0 Å². The predicted octanol–water partition coefficient (Wildman–Crippen LogP) is 2.34. The van der Waals surface area contributed by atoms with Crippen LogP contribution in [0.1, 0.15) is 15.9 Å². The molecule has 3 aromatic rings. The number of guanidine groups is 1. The van der Waals surface area contributed by atoms with Crippen LogP contribution in [0.3, 0.4) is 0 Å². The number of benzene rings is 1. The molecule has 0 aliphatic heterocycles. The van der Waals surface area contributed by atoms with Gasteiger partial charge in [-0.25, -0.2) is 4.98 Å². The molecule has 2 heterocycles. The lowest BCUT2D eigenvalue weighted by Crippen LogP contribution is -2.53. The first-order valence-electron chi connectivity index (χ1n) is 7.82. The first-order chi connectivity index (χ1) is 12.2. The summed E-state index contributed by atoms with van der Waals surface area (Å²) in [7, 11) is 0. The number of hydrogen-bond acceptors (Lipinski definition) is 3. The van der Waals surface area contributed by atoms with Crippen LogP contribution in [0.5, 0.6) is 0 Å². The summed E-state index contributed by atoms with van der Waals surface area (Å²) in [6.07, 6.45) is 5.35. The molecular formula is C19H18N5O+. The van der Waals surface area contributed by atoms with Crippen LogP contribution in [0.15, 0.2) is 84.2 Å². The van der Waals surface area contributed by atoms with Gasteiger partial charge in [-0.15, -0.1) is 5.43 Å². The molecule has 0 atom stereocenters. The first-order valence-corrected chi connectivity index (χ1v) is 7.82. The second-order valence-electron chi connectivity index (χ2n) is 5.37. The molecule has 0 fully saturated rings. The summed E-state index contributed by atoms with van der Waals surface area (Å²) in [4.78, 5) is 21.1. The van der Waals surface area contributed by atoms with Crippen molar-refractivity contribution in [1.29, 1.82) is 0 Å². The van der Waals surface area contributed by atoms with E-state index in [1.807, 2.05) is 61.8 Å². The number of aromatic nitrogens is 2. The Balaban J connectivity index is 1.85.